The van der Waals surface area contributed by atoms with Crippen molar-refractivity contribution in [2.45, 2.75) is 0 Å². The van der Waals surface area contributed by atoms with Crippen LogP contribution in [0, 0.1) is 0 Å². The van der Waals surface area contributed by atoms with Crippen LogP contribution in [0.3, 0.4) is 0 Å². The summed E-state index contributed by atoms with van der Waals surface area (Å²) in [4.78, 5) is 0. The molecule has 0 aliphatic heterocycles. The predicted molar refractivity (Wildman–Crippen MR) is 41.8 cm³/mol. The van der Waals surface area contributed by atoms with E-state index in [9.17, 15) is 0 Å². The highest BCUT2D eigenvalue weighted by atomic mass is 14.5. The summed E-state index contributed by atoms with van der Waals surface area (Å²) in [5, 5.41) is 0. The number of rotatable bonds is 3. The Morgan fingerprint density at radius 3 is 2.11 bits per heavy atom. The first-order valence-electron chi connectivity index (χ1n) is 2.68. The Morgan fingerprint density at radius 1 is 1.22 bits per heavy atom. The van der Waals surface area contributed by atoms with Crippen LogP contribution in [-0.2, 0) is 0 Å². The highest BCUT2D eigenvalue weighted by Crippen LogP contribution is 1.94. The molecule has 0 bridgehead atoms. The molecule has 0 atom stereocenters. The summed E-state index contributed by atoms with van der Waals surface area (Å²) in [5.74, 6) is 0. The molecular weight excluding hydrogens is 110 g/mol. The van der Waals surface area contributed by atoms with Crippen molar-refractivity contribution in [1.82, 2.24) is 0 Å². The molecule has 1 nitrogen and oxygen atoms in total. The number of hydrogen-bond donors (Lipinski definition) is 1. The van der Waals surface area contributed by atoms with Gasteiger partial charge in [-0.05, 0) is 17.8 Å². The van der Waals surface area contributed by atoms with E-state index in [1.54, 1.807) is 18.2 Å². The molecule has 0 aromatic carbocycles. The SMILES string of the molecule is C=CC(C=C)=C/C=C\N. The van der Waals surface area contributed by atoms with E-state index in [0.717, 1.165) is 5.57 Å². The maximum Gasteiger partial charge on any atom is -0.00622 e. The summed E-state index contributed by atoms with van der Waals surface area (Å²) in [6.07, 6.45) is 8.46. The molecular formula is C8H11N. The van der Waals surface area contributed by atoms with Gasteiger partial charge in [-0.15, -0.1) is 0 Å². The first-order valence-corrected chi connectivity index (χ1v) is 2.68. The van der Waals surface area contributed by atoms with Gasteiger partial charge >= 0.3 is 0 Å². The Labute approximate surface area is 55.9 Å². The molecule has 0 aromatic rings. The quantitative estimate of drug-likeness (QED) is 0.566. The lowest BCUT2D eigenvalue weighted by atomic mass is 10.2. The van der Waals surface area contributed by atoms with E-state index in [0.29, 0.717) is 0 Å². The largest absolute Gasteiger partial charge is 0.405 e. The summed E-state index contributed by atoms with van der Waals surface area (Å²) in [7, 11) is 0. The van der Waals surface area contributed by atoms with Crippen molar-refractivity contribution < 1.29 is 0 Å². The Balaban J connectivity index is 4.06. The summed E-state index contributed by atoms with van der Waals surface area (Å²) in [5.41, 5.74) is 6.06. The van der Waals surface area contributed by atoms with Crippen molar-refractivity contribution in [3.8, 4) is 0 Å². The molecule has 2 N–H and O–H groups in total. The van der Waals surface area contributed by atoms with Gasteiger partial charge in [-0.2, -0.15) is 0 Å². The van der Waals surface area contributed by atoms with Crippen molar-refractivity contribution in [2.75, 3.05) is 0 Å². The number of allylic oxidation sites excluding steroid dienone is 5. The van der Waals surface area contributed by atoms with E-state index in [-0.39, 0.29) is 0 Å². The zero-order chi connectivity index (χ0) is 7.11. The zero-order valence-electron chi connectivity index (χ0n) is 5.38. The minimum absolute atomic E-state index is 0.969. The maximum atomic E-state index is 5.09. The van der Waals surface area contributed by atoms with Gasteiger partial charge in [-0.25, -0.2) is 0 Å². The van der Waals surface area contributed by atoms with Gasteiger partial charge in [0.05, 0.1) is 0 Å². The average molecular weight is 121 g/mol. The standard InChI is InChI=1S/C8H11N/c1-3-8(4-2)6-5-7-9/h3-7H,1-2,9H2/b7-5-. The van der Waals surface area contributed by atoms with E-state index in [4.69, 9.17) is 5.73 Å². The molecule has 48 valence electrons. The predicted octanol–water partition coefficient (Wildman–Crippen LogP) is 1.76. The fourth-order valence-corrected chi connectivity index (χ4v) is 0.386. The van der Waals surface area contributed by atoms with Crippen molar-refractivity contribution in [3.05, 3.63) is 49.2 Å². The average Bonchev–Trinajstić information content (AvgIpc) is 1.91. The Bertz CT molecular complexity index is 142. The first-order chi connectivity index (χ1) is 4.35. The smallest absolute Gasteiger partial charge is 0.00622 e. The fourth-order valence-electron chi connectivity index (χ4n) is 0.386. The van der Waals surface area contributed by atoms with Crippen molar-refractivity contribution in [1.29, 1.82) is 0 Å². The van der Waals surface area contributed by atoms with Gasteiger partial charge in [-0.3, -0.25) is 0 Å². The molecule has 0 radical (unpaired) electrons. The second kappa shape index (κ2) is 4.91. The normalized spacial score (nSPS) is 8.89. The van der Waals surface area contributed by atoms with Crippen LogP contribution in [0.15, 0.2) is 49.2 Å². The van der Waals surface area contributed by atoms with Crippen LogP contribution in [-0.4, -0.2) is 0 Å². The first kappa shape index (κ1) is 7.76. The summed E-state index contributed by atoms with van der Waals surface area (Å²) >= 11 is 0. The van der Waals surface area contributed by atoms with Crippen LogP contribution in [0.1, 0.15) is 0 Å². The Hall–Kier alpha value is -1.24. The highest BCUT2D eigenvalue weighted by molar-refractivity contribution is 5.30. The Kier molecular flexibility index (Phi) is 4.23. The molecule has 0 aromatic heterocycles. The molecule has 0 fully saturated rings. The van der Waals surface area contributed by atoms with E-state index in [1.807, 2.05) is 6.08 Å². The minimum Gasteiger partial charge on any atom is -0.405 e. The lowest BCUT2D eigenvalue weighted by Gasteiger charge is -1.84. The van der Waals surface area contributed by atoms with Crippen LogP contribution < -0.4 is 5.73 Å². The summed E-state index contributed by atoms with van der Waals surface area (Å²) in [6.45, 7) is 7.14. The molecule has 0 saturated heterocycles. The fraction of sp³-hybridized carbons (Fsp3) is 0. The van der Waals surface area contributed by atoms with E-state index in [2.05, 4.69) is 13.2 Å². The molecule has 0 rings (SSSR count). The monoisotopic (exact) mass is 121 g/mol. The van der Waals surface area contributed by atoms with Gasteiger partial charge < -0.3 is 5.73 Å². The molecule has 0 aliphatic rings. The third-order valence-corrected chi connectivity index (χ3v) is 0.871. The minimum atomic E-state index is 0.969. The van der Waals surface area contributed by atoms with Crippen LogP contribution in [0.25, 0.3) is 0 Å². The van der Waals surface area contributed by atoms with E-state index < -0.39 is 0 Å². The molecule has 0 aliphatic carbocycles. The van der Waals surface area contributed by atoms with Gasteiger partial charge in [0.25, 0.3) is 0 Å². The Morgan fingerprint density at radius 2 is 1.78 bits per heavy atom. The third kappa shape index (κ3) is 3.35. The van der Waals surface area contributed by atoms with E-state index in [1.165, 1.54) is 6.20 Å². The second-order valence-corrected chi connectivity index (χ2v) is 1.46. The van der Waals surface area contributed by atoms with Gasteiger partial charge in [0.2, 0.25) is 0 Å². The lowest BCUT2D eigenvalue weighted by molar-refractivity contribution is 1.59. The van der Waals surface area contributed by atoms with Crippen molar-refractivity contribution in [3.63, 3.8) is 0 Å². The van der Waals surface area contributed by atoms with Crippen LogP contribution >= 0.6 is 0 Å². The van der Waals surface area contributed by atoms with Gasteiger partial charge in [0.1, 0.15) is 0 Å². The highest BCUT2D eigenvalue weighted by Gasteiger charge is 1.75. The van der Waals surface area contributed by atoms with Gasteiger partial charge in [-0.1, -0.05) is 31.4 Å². The van der Waals surface area contributed by atoms with Crippen molar-refractivity contribution in [2.24, 2.45) is 5.73 Å². The molecule has 0 heterocycles. The van der Waals surface area contributed by atoms with Crippen molar-refractivity contribution >= 4 is 0 Å². The lowest BCUT2D eigenvalue weighted by Crippen LogP contribution is -1.74. The van der Waals surface area contributed by atoms with Crippen LogP contribution in [0.2, 0.25) is 0 Å². The molecule has 1 heteroatoms. The van der Waals surface area contributed by atoms with Crippen LogP contribution in [0.4, 0.5) is 0 Å². The molecule has 0 saturated carbocycles. The van der Waals surface area contributed by atoms with Gasteiger partial charge in [0, 0.05) is 0 Å². The second-order valence-electron chi connectivity index (χ2n) is 1.46. The molecule has 0 amide bonds. The number of hydrogen-bond acceptors (Lipinski definition) is 1. The van der Waals surface area contributed by atoms with Crippen LogP contribution in [0.5, 0.6) is 0 Å². The summed E-state index contributed by atoms with van der Waals surface area (Å²) in [6, 6.07) is 0. The van der Waals surface area contributed by atoms with E-state index >= 15 is 0 Å². The maximum absolute atomic E-state index is 5.09. The topological polar surface area (TPSA) is 26.0 Å². The third-order valence-electron chi connectivity index (χ3n) is 0.871. The zero-order valence-corrected chi connectivity index (χ0v) is 5.38. The summed E-state index contributed by atoms with van der Waals surface area (Å²) < 4.78 is 0. The van der Waals surface area contributed by atoms with Gasteiger partial charge in [0.15, 0.2) is 0 Å². The molecule has 9 heavy (non-hydrogen) atoms. The number of nitrogens with two attached hydrogens (primary N) is 1. The molecule has 0 unspecified atom stereocenters. The molecule has 0 spiro atoms.